The zero-order chi connectivity index (χ0) is 14.0. The van der Waals surface area contributed by atoms with E-state index in [2.05, 4.69) is 5.32 Å². The fourth-order valence-electron chi connectivity index (χ4n) is 2.53. The van der Waals surface area contributed by atoms with Crippen LogP contribution in [0.3, 0.4) is 0 Å². The molecule has 1 aliphatic rings. The number of para-hydroxylation sites is 1. The molecule has 1 fully saturated rings. The molecule has 1 amide bonds. The highest BCUT2D eigenvalue weighted by Crippen LogP contribution is 2.48. The molecule has 0 bridgehead atoms. The number of ether oxygens (including phenoxy) is 1. The third kappa shape index (κ3) is 2.16. The lowest BCUT2D eigenvalue weighted by Gasteiger charge is -2.39. The summed E-state index contributed by atoms with van der Waals surface area (Å²) in [6.45, 7) is 1.39. The molecule has 0 unspecified atom stereocenters. The van der Waals surface area contributed by atoms with Gasteiger partial charge in [-0.1, -0.05) is 18.6 Å². The Balaban J connectivity index is 2.55. The van der Waals surface area contributed by atoms with E-state index >= 15 is 0 Å². The van der Waals surface area contributed by atoms with Crippen LogP contribution in [0.5, 0.6) is 5.75 Å². The van der Waals surface area contributed by atoms with Crippen LogP contribution in [-0.2, 0) is 15.0 Å². The first-order valence-electron chi connectivity index (χ1n) is 6.20. The van der Waals surface area contributed by atoms with Crippen LogP contribution in [0.1, 0.15) is 31.7 Å². The van der Waals surface area contributed by atoms with Gasteiger partial charge >= 0.3 is 5.97 Å². The smallest absolute Gasteiger partial charge is 0.314 e. The van der Waals surface area contributed by atoms with Gasteiger partial charge in [0.25, 0.3) is 0 Å². The van der Waals surface area contributed by atoms with E-state index in [4.69, 9.17) is 4.74 Å². The lowest BCUT2D eigenvalue weighted by molar-refractivity contribution is -0.147. The summed E-state index contributed by atoms with van der Waals surface area (Å²) in [5.74, 6) is -0.607. The Bertz CT molecular complexity index is 520. The first-order chi connectivity index (χ1) is 9.01. The third-order valence-corrected chi connectivity index (χ3v) is 3.68. The van der Waals surface area contributed by atoms with E-state index in [1.165, 1.54) is 14.0 Å². The van der Waals surface area contributed by atoms with E-state index in [-0.39, 0.29) is 5.91 Å². The number of hydrogen-bond acceptors (Lipinski definition) is 3. The monoisotopic (exact) mass is 263 g/mol. The number of carboxylic acid groups (broad SMARTS) is 1. The summed E-state index contributed by atoms with van der Waals surface area (Å²) in [7, 11) is 1.50. The maximum absolute atomic E-state index is 11.6. The van der Waals surface area contributed by atoms with E-state index in [9.17, 15) is 14.7 Å². The van der Waals surface area contributed by atoms with Crippen molar-refractivity contribution in [1.29, 1.82) is 0 Å². The first-order valence-corrected chi connectivity index (χ1v) is 6.20. The minimum absolute atomic E-state index is 0.245. The fourth-order valence-corrected chi connectivity index (χ4v) is 2.53. The third-order valence-electron chi connectivity index (χ3n) is 3.68. The molecule has 1 saturated carbocycles. The Kier molecular flexibility index (Phi) is 3.46. The summed E-state index contributed by atoms with van der Waals surface area (Å²) in [6, 6.07) is 5.21. The van der Waals surface area contributed by atoms with Gasteiger partial charge in [0.05, 0.1) is 18.2 Å². The molecule has 0 heterocycles. The van der Waals surface area contributed by atoms with Crippen molar-refractivity contribution in [2.75, 3.05) is 12.4 Å². The predicted molar refractivity (Wildman–Crippen MR) is 70.5 cm³/mol. The van der Waals surface area contributed by atoms with Crippen LogP contribution in [0.25, 0.3) is 0 Å². The number of nitrogens with one attached hydrogen (secondary N) is 1. The number of amides is 1. The van der Waals surface area contributed by atoms with Gasteiger partial charge in [0.15, 0.2) is 0 Å². The minimum Gasteiger partial charge on any atom is -0.495 e. The molecule has 0 spiro atoms. The summed E-state index contributed by atoms with van der Waals surface area (Å²) < 4.78 is 5.22. The van der Waals surface area contributed by atoms with Crippen molar-refractivity contribution in [2.24, 2.45) is 0 Å². The number of aliphatic carboxylic acids is 1. The van der Waals surface area contributed by atoms with Gasteiger partial charge in [0, 0.05) is 6.92 Å². The molecule has 5 nitrogen and oxygen atoms in total. The van der Waals surface area contributed by atoms with Crippen molar-refractivity contribution in [3.05, 3.63) is 23.8 Å². The quantitative estimate of drug-likeness (QED) is 0.872. The summed E-state index contributed by atoms with van der Waals surface area (Å²) in [6.07, 6.45) is 2.05. The summed E-state index contributed by atoms with van der Waals surface area (Å²) >= 11 is 0. The summed E-state index contributed by atoms with van der Waals surface area (Å²) in [5, 5.41) is 12.2. The molecule has 0 saturated heterocycles. The van der Waals surface area contributed by atoms with Crippen molar-refractivity contribution in [2.45, 2.75) is 31.6 Å². The SMILES string of the molecule is COc1cccc(C2(C(=O)O)CCC2)c1NC(C)=O. The largest absolute Gasteiger partial charge is 0.495 e. The highest BCUT2D eigenvalue weighted by molar-refractivity contribution is 5.94. The Morgan fingerprint density at radius 3 is 2.47 bits per heavy atom. The van der Waals surface area contributed by atoms with Crippen LogP contribution in [0.2, 0.25) is 0 Å². The molecule has 0 aromatic heterocycles. The lowest BCUT2D eigenvalue weighted by atomic mass is 9.64. The van der Waals surface area contributed by atoms with E-state index in [1.807, 2.05) is 0 Å². The van der Waals surface area contributed by atoms with Crippen LogP contribution in [-0.4, -0.2) is 24.1 Å². The van der Waals surface area contributed by atoms with Gasteiger partial charge in [0.1, 0.15) is 5.75 Å². The highest BCUT2D eigenvalue weighted by Gasteiger charge is 2.47. The number of hydrogen-bond donors (Lipinski definition) is 2. The molecule has 2 rings (SSSR count). The predicted octanol–water partition coefficient (Wildman–Crippen LogP) is 2.16. The minimum atomic E-state index is -0.897. The van der Waals surface area contributed by atoms with E-state index < -0.39 is 11.4 Å². The van der Waals surface area contributed by atoms with Crippen LogP contribution >= 0.6 is 0 Å². The molecular formula is C14H17NO4. The molecule has 0 aliphatic heterocycles. The average Bonchev–Trinajstić information content (AvgIpc) is 2.28. The number of methoxy groups -OCH3 is 1. The Morgan fingerprint density at radius 1 is 1.37 bits per heavy atom. The molecule has 0 atom stereocenters. The number of carbonyl (C=O) groups excluding carboxylic acids is 1. The molecule has 1 aromatic carbocycles. The number of rotatable bonds is 4. The highest BCUT2D eigenvalue weighted by atomic mass is 16.5. The number of carboxylic acids is 1. The number of benzene rings is 1. The summed E-state index contributed by atoms with van der Waals surface area (Å²) in [4.78, 5) is 22.9. The van der Waals surface area contributed by atoms with Gasteiger partial charge in [0.2, 0.25) is 5.91 Å². The van der Waals surface area contributed by atoms with Crippen molar-refractivity contribution in [3.63, 3.8) is 0 Å². The maximum atomic E-state index is 11.6. The first kappa shape index (κ1) is 13.4. The number of anilines is 1. The van der Waals surface area contributed by atoms with Crippen LogP contribution < -0.4 is 10.1 Å². The number of carbonyl (C=O) groups is 2. The van der Waals surface area contributed by atoms with Gasteiger partial charge in [-0.15, -0.1) is 0 Å². The standard InChI is InChI=1S/C14H17NO4/c1-9(16)15-12-10(5-3-6-11(12)19-2)14(13(17)18)7-4-8-14/h3,5-6H,4,7-8H2,1-2H3,(H,15,16)(H,17,18). The average molecular weight is 263 g/mol. The molecule has 0 radical (unpaired) electrons. The van der Waals surface area contributed by atoms with E-state index in [0.717, 1.165) is 6.42 Å². The molecule has 5 heteroatoms. The maximum Gasteiger partial charge on any atom is 0.314 e. The van der Waals surface area contributed by atoms with Crippen molar-refractivity contribution >= 4 is 17.6 Å². The second kappa shape index (κ2) is 4.91. The second-order valence-corrected chi connectivity index (χ2v) is 4.80. The van der Waals surface area contributed by atoms with Crippen LogP contribution in [0, 0.1) is 0 Å². The van der Waals surface area contributed by atoms with Gasteiger partial charge in [-0.25, -0.2) is 0 Å². The van der Waals surface area contributed by atoms with Gasteiger partial charge in [-0.2, -0.15) is 0 Å². The zero-order valence-electron chi connectivity index (χ0n) is 11.0. The Labute approximate surface area is 111 Å². The molecule has 19 heavy (non-hydrogen) atoms. The normalized spacial score (nSPS) is 16.3. The second-order valence-electron chi connectivity index (χ2n) is 4.80. The van der Waals surface area contributed by atoms with Gasteiger partial charge < -0.3 is 15.2 Å². The van der Waals surface area contributed by atoms with Crippen molar-refractivity contribution < 1.29 is 19.4 Å². The van der Waals surface area contributed by atoms with E-state index in [1.54, 1.807) is 18.2 Å². The molecule has 1 aromatic rings. The topological polar surface area (TPSA) is 75.6 Å². The molecular weight excluding hydrogens is 246 g/mol. The van der Waals surface area contributed by atoms with E-state index in [0.29, 0.717) is 29.8 Å². The molecule has 102 valence electrons. The fraction of sp³-hybridized carbons (Fsp3) is 0.429. The Hall–Kier alpha value is -2.04. The molecule has 2 N–H and O–H groups in total. The Morgan fingerprint density at radius 2 is 2.05 bits per heavy atom. The van der Waals surface area contributed by atoms with Gasteiger partial charge in [-0.3, -0.25) is 9.59 Å². The summed E-state index contributed by atoms with van der Waals surface area (Å²) in [5.41, 5.74) is 0.201. The zero-order valence-corrected chi connectivity index (χ0v) is 11.0. The van der Waals surface area contributed by atoms with Crippen LogP contribution in [0.15, 0.2) is 18.2 Å². The molecule has 1 aliphatic carbocycles. The van der Waals surface area contributed by atoms with Crippen molar-refractivity contribution in [1.82, 2.24) is 0 Å². The van der Waals surface area contributed by atoms with Gasteiger partial charge in [-0.05, 0) is 24.5 Å². The van der Waals surface area contributed by atoms with Crippen LogP contribution in [0.4, 0.5) is 5.69 Å². The lowest BCUT2D eigenvalue weighted by Crippen LogP contribution is -2.43. The van der Waals surface area contributed by atoms with Crippen molar-refractivity contribution in [3.8, 4) is 5.75 Å².